The molecule has 0 radical (unpaired) electrons. The molecule has 0 aromatic carbocycles. The number of nitrogens with zero attached hydrogens (tertiary/aromatic N) is 2. The molecule has 0 aliphatic rings. The van der Waals surface area contributed by atoms with E-state index < -0.39 is 0 Å². The van der Waals surface area contributed by atoms with E-state index in [0.717, 1.165) is 16.7 Å². The van der Waals surface area contributed by atoms with E-state index in [0.29, 0.717) is 9.21 Å². The first-order chi connectivity index (χ1) is 8.60. The third-order valence-electron chi connectivity index (χ3n) is 2.28. The van der Waals surface area contributed by atoms with Crippen molar-refractivity contribution in [3.63, 3.8) is 0 Å². The number of halogens is 2. The summed E-state index contributed by atoms with van der Waals surface area (Å²) >= 11 is 10.5. The largest absolute Gasteiger partial charge is 0.288 e. The molecule has 0 amide bonds. The highest BCUT2D eigenvalue weighted by Gasteiger charge is 2.07. The Labute approximate surface area is 122 Å². The fourth-order valence-corrected chi connectivity index (χ4v) is 2.78. The molecule has 0 fully saturated rings. The van der Waals surface area contributed by atoms with Gasteiger partial charge in [-0.05, 0) is 47.1 Å². The number of rotatable bonds is 4. The van der Waals surface area contributed by atoms with Gasteiger partial charge in [-0.2, -0.15) is 5.10 Å². The first kappa shape index (κ1) is 13.5. The lowest BCUT2D eigenvalue weighted by molar-refractivity contribution is 0.105. The van der Waals surface area contributed by atoms with Crippen LogP contribution >= 0.6 is 38.9 Å². The minimum absolute atomic E-state index is 0.0650. The average molecular weight is 346 g/mol. The van der Waals surface area contributed by atoms with E-state index in [4.69, 9.17) is 11.6 Å². The number of hydrogen-bond donors (Lipinski definition) is 0. The summed E-state index contributed by atoms with van der Waals surface area (Å²) in [5, 5.41) is 4.31. The zero-order valence-electron chi connectivity index (χ0n) is 9.56. The summed E-state index contributed by atoms with van der Waals surface area (Å²) in [5.41, 5.74) is 0.743. The molecule has 18 heavy (non-hydrogen) atoms. The minimum atomic E-state index is -0.0650. The Morgan fingerprint density at radius 2 is 2.39 bits per heavy atom. The fraction of sp³-hybridized carbons (Fsp3) is 0.167. The van der Waals surface area contributed by atoms with Crippen LogP contribution in [0, 0.1) is 0 Å². The van der Waals surface area contributed by atoms with E-state index in [1.807, 2.05) is 13.1 Å². The monoisotopic (exact) mass is 344 g/mol. The second-order valence-electron chi connectivity index (χ2n) is 3.52. The number of allylic oxidation sites excluding steroid dienone is 1. The minimum Gasteiger partial charge on any atom is -0.288 e. The van der Waals surface area contributed by atoms with Gasteiger partial charge in [-0.15, -0.1) is 11.3 Å². The van der Waals surface area contributed by atoms with Crippen molar-refractivity contribution in [1.29, 1.82) is 0 Å². The molecule has 2 aromatic heterocycles. The Hall–Kier alpha value is -0.910. The van der Waals surface area contributed by atoms with Crippen molar-refractivity contribution in [2.75, 3.05) is 0 Å². The molecule has 2 heterocycles. The number of thiophene rings is 1. The van der Waals surface area contributed by atoms with Gasteiger partial charge >= 0.3 is 0 Å². The summed E-state index contributed by atoms with van der Waals surface area (Å²) in [5.74, 6) is -0.0650. The van der Waals surface area contributed by atoms with Crippen molar-refractivity contribution in [2.45, 2.75) is 13.5 Å². The molecular weight excluding hydrogens is 336 g/mol. The molecular formula is C12H10BrClN2OS. The van der Waals surface area contributed by atoms with Gasteiger partial charge in [0.25, 0.3) is 0 Å². The van der Waals surface area contributed by atoms with E-state index in [1.54, 1.807) is 22.9 Å². The second-order valence-corrected chi connectivity index (χ2v) is 6.09. The van der Waals surface area contributed by atoms with Gasteiger partial charge in [-0.25, -0.2) is 0 Å². The van der Waals surface area contributed by atoms with Crippen LogP contribution in [0.1, 0.15) is 22.3 Å². The van der Waals surface area contributed by atoms with Gasteiger partial charge in [0, 0.05) is 12.7 Å². The molecule has 2 aromatic rings. The van der Waals surface area contributed by atoms with Gasteiger partial charge in [0.05, 0.1) is 19.4 Å². The Morgan fingerprint density at radius 3 is 2.94 bits per heavy atom. The molecule has 0 unspecified atom stereocenters. The maximum atomic E-state index is 11.8. The number of carbonyl (C=O) groups is 1. The number of aromatic nitrogens is 2. The van der Waals surface area contributed by atoms with Gasteiger partial charge in [-0.1, -0.05) is 11.6 Å². The Balaban J connectivity index is 2.15. The molecule has 6 heteroatoms. The lowest BCUT2D eigenvalue weighted by Gasteiger charge is -1.90. The van der Waals surface area contributed by atoms with Crippen LogP contribution in [0.4, 0.5) is 0 Å². The molecule has 0 saturated carbocycles. The van der Waals surface area contributed by atoms with Crippen LogP contribution in [0.15, 0.2) is 28.9 Å². The quantitative estimate of drug-likeness (QED) is 0.612. The normalized spacial score (nSPS) is 11.3. The maximum absolute atomic E-state index is 11.8. The maximum Gasteiger partial charge on any atom is 0.195 e. The Morgan fingerprint density at radius 1 is 1.61 bits per heavy atom. The second kappa shape index (κ2) is 5.82. The van der Waals surface area contributed by atoms with Crippen LogP contribution in [-0.4, -0.2) is 15.6 Å². The van der Waals surface area contributed by atoms with Crippen molar-refractivity contribution in [2.24, 2.45) is 0 Å². The van der Waals surface area contributed by atoms with Gasteiger partial charge in [0.1, 0.15) is 0 Å². The number of ketones is 1. The summed E-state index contributed by atoms with van der Waals surface area (Å²) < 4.78 is 3.29. The van der Waals surface area contributed by atoms with Crippen LogP contribution in [0.25, 0.3) is 6.08 Å². The molecule has 0 saturated heterocycles. The SMILES string of the molecule is CCn1cc(Br)c(/C=C/C(=O)c2ccc(Cl)s2)n1. The molecule has 0 spiro atoms. The third kappa shape index (κ3) is 3.10. The standard InChI is InChI=1S/C12H10BrClN2OS/c1-2-16-7-8(13)9(15-16)3-4-10(17)11-5-6-12(14)18-11/h3-7H,2H2,1H3/b4-3+. The zero-order chi connectivity index (χ0) is 13.1. The molecule has 0 bridgehead atoms. The average Bonchev–Trinajstić information content (AvgIpc) is 2.92. The van der Waals surface area contributed by atoms with Crippen molar-refractivity contribution in [1.82, 2.24) is 9.78 Å². The number of aryl methyl sites for hydroxylation is 1. The molecule has 94 valence electrons. The van der Waals surface area contributed by atoms with E-state index in [1.165, 1.54) is 17.4 Å². The summed E-state index contributed by atoms with van der Waals surface area (Å²) in [6.45, 7) is 2.80. The molecule has 0 N–H and O–H groups in total. The summed E-state index contributed by atoms with van der Waals surface area (Å²) in [6.07, 6.45) is 5.09. The highest BCUT2D eigenvalue weighted by Crippen LogP contribution is 2.22. The van der Waals surface area contributed by atoms with E-state index >= 15 is 0 Å². The van der Waals surface area contributed by atoms with Crippen LogP contribution in [0.3, 0.4) is 0 Å². The van der Waals surface area contributed by atoms with Gasteiger partial charge in [0.2, 0.25) is 0 Å². The van der Waals surface area contributed by atoms with Gasteiger partial charge in [-0.3, -0.25) is 9.48 Å². The molecule has 0 aliphatic heterocycles. The third-order valence-corrected chi connectivity index (χ3v) is 4.13. The summed E-state index contributed by atoms with van der Waals surface area (Å²) in [7, 11) is 0. The highest BCUT2D eigenvalue weighted by atomic mass is 79.9. The van der Waals surface area contributed by atoms with Crippen LogP contribution in [-0.2, 0) is 6.54 Å². The predicted octanol–water partition coefficient (Wildman–Crippen LogP) is 4.28. The van der Waals surface area contributed by atoms with Crippen molar-refractivity contribution in [3.8, 4) is 0 Å². The Kier molecular flexibility index (Phi) is 4.37. The lowest BCUT2D eigenvalue weighted by atomic mass is 10.3. The van der Waals surface area contributed by atoms with Crippen LogP contribution < -0.4 is 0 Å². The summed E-state index contributed by atoms with van der Waals surface area (Å²) in [4.78, 5) is 12.5. The van der Waals surface area contributed by atoms with Gasteiger partial charge in [0.15, 0.2) is 5.78 Å². The first-order valence-electron chi connectivity index (χ1n) is 5.31. The fourth-order valence-electron chi connectivity index (χ4n) is 1.37. The molecule has 3 nitrogen and oxygen atoms in total. The van der Waals surface area contributed by atoms with Crippen LogP contribution in [0.2, 0.25) is 4.34 Å². The highest BCUT2D eigenvalue weighted by molar-refractivity contribution is 9.10. The molecule has 0 atom stereocenters. The zero-order valence-corrected chi connectivity index (χ0v) is 12.7. The smallest absolute Gasteiger partial charge is 0.195 e. The van der Waals surface area contributed by atoms with Crippen molar-refractivity contribution >= 4 is 50.7 Å². The summed E-state index contributed by atoms with van der Waals surface area (Å²) in [6, 6.07) is 3.44. The lowest BCUT2D eigenvalue weighted by Crippen LogP contribution is -1.94. The van der Waals surface area contributed by atoms with Crippen molar-refractivity contribution in [3.05, 3.63) is 43.8 Å². The topological polar surface area (TPSA) is 34.9 Å². The van der Waals surface area contributed by atoms with Crippen LogP contribution in [0.5, 0.6) is 0 Å². The molecule has 2 rings (SSSR count). The number of hydrogen-bond acceptors (Lipinski definition) is 3. The predicted molar refractivity (Wildman–Crippen MR) is 78.3 cm³/mol. The first-order valence-corrected chi connectivity index (χ1v) is 7.29. The molecule has 0 aliphatic carbocycles. The van der Waals surface area contributed by atoms with E-state index in [2.05, 4.69) is 21.0 Å². The van der Waals surface area contributed by atoms with Gasteiger partial charge < -0.3 is 0 Å². The van der Waals surface area contributed by atoms with E-state index in [9.17, 15) is 4.79 Å². The van der Waals surface area contributed by atoms with E-state index in [-0.39, 0.29) is 5.78 Å². The van der Waals surface area contributed by atoms with Crippen molar-refractivity contribution < 1.29 is 4.79 Å². The Bertz CT molecular complexity index is 603. The number of carbonyl (C=O) groups excluding carboxylic acids is 1.